The van der Waals surface area contributed by atoms with E-state index in [0.717, 1.165) is 17.2 Å². The quantitative estimate of drug-likeness (QED) is 0.715. The molecule has 0 amide bonds. The second-order valence-corrected chi connectivity index (χ2v) is 5.33. The van der Waals surface area contributed by atoms with E-state index in [4.69, 9.17) is 4.74 Å². The average Bonchev–Trinajstić information content (AvgIpc) is 3.03. The predicted molar refractivity (Wildman–Crippen MR) is 85.1 cm³/mol. The van der Waals surface area contributed by atoms with Gasteiger partial charge in [-0.2, -0.15) is 11.8 Å². The molecule has 0 saturated carbocycles. The van der Waals surface area contributed by atoms with Crippen LogP contribution in [0.25, 0.3) is 5.69 Å². The molecular weight excluding hydrogens is 282 g/mol. The van der Waals surface area contributed by atoms with Crippen molar-refractivity contribution < 1.29 is 4.74 Å². The molecule has 106 valence electrons. The molecule has 3 rings (SSSR count). The zero-order chi connectivity index (χ0) is 14.5. The van der Waals surface area contributed by atoms with E-state index < -0.39 is 0 Å². The Balaban J connectivity index is 1.92. The first kappa shape index (κ1) is 13.7. The van der Waals surface area contributed by atoms with Gasteiger partial charge < -0.3 is 9.30 Å². The maximum Gasteiger partial charge on any atom is 0.219 e. The number of rotatable bonds is 5. The van der Waals surface area contributed by atoms with Crippen LogP contribution in [-0.4, -0.2) is 20.8 Å². The largest absolute Gasteiger partial charge is 0.439 e. The van der Waals surface area contributed by atoms with Crippen molar-refractivity contribution in [1.29, 1.82) is 0 Å². The lowest BCUT2D eigenvalue weighted by molar-refractivity contribution is 0.462. The Bertz CT molecular complexity index is 699. The van der Waals surface area contributed by atoms with Crippen LogP contribution in [0.2, 0.25) is 0 Å². The van der Waals surface area contributed by atoms with Gasteiger partial charge in [-0.25, -0.2) is 9.97 Å². The van der Waals surface area contributed by atoms with Crippen molar-refractivity contribution in [3.05, 3.63) is 66.9 Å². The van der Waals surface area contributed by atoms with Crippen molar-refractivity contribution in [3.8, 4) is 17.3 Å². The van der Waals surface area contributed by atoms with Gasteiger partial charge in [0.05, 0.1) is 12.0 Å². The van der Waals surface area contributed by atoms with Crippen LogP contribution in [0.5, 0.6) is 11.6 Å². The van der Waals surface area contributed by atoms with Gasteiger partial charge in [0.25, 0.3) is 0 Å². The minimum atomic E-state index is 0.600. The molecule has 21 heavy (non-hydrogen) atoms. The Morgan fingerprint density at radius 1 is 1.19 bits per heavy atom. The molecule has 0 atom stereocenters. The summed E-state index contributed by atoms with van der Waals surface area (Å²) in [5.74, 6) is 2.30. The third kappa shape index (κ3) is 3.25. The molecule has 0 radical (unpaired) electrons. The third-order valence-electron chi connectivity index (χ3n) is 2.99. The Hall–Kier alpha value is -2.27. The minimum Gasteiger partial charge on any atom is -0.439 e. The van der Waals surface area contributed by atoms with Gasteiger partial charge in [0.15, 0.2) is 0 Å². The van der Waals surface area contributed by atoms with E-state index in [2.05, 4.69) is 22.3 Å². The summed E-state index contributed by atoms with van der Waals surface area (Å²) in [6.45, 7) is 0. The maximum absolute atomic E-state index is 5.79. The Morgan fingerprint density at radius 2 is 2.14 bits per heavy atom. The van der Waals surface area contributed by atoms with E-state index >= 15 is 0 Å². The van der Waals surface area contributed by atoms with Gasteiger partial charge in [-0.15, -0.1) is 0 Å². The number of hydrogen-bond acceptors (Lipinski definition) is 4. The molecule has 2 heterocycles. The molecule has 0 aliphatic carbocycles. The first-order chi connectivity index (χ1) is 10.4. The lowest BCUT2D eigenvalue weighted by Gasteiger charge is -2.12. The number of benzene rings is 1. The van der Waals surface area contributed by atoms with Gasteiger partial charge >= 0.3 is 0 Å². The highest BCUT2D eigenvalue weighted by Crippen LogP contribution is 2.26. The second kappa shape index (κ2) is 6.45. The molecule has 0 aliphatic rings. The molecule has 1 aromatic carbocycles. The molecule has 3 aromatic rings. The number of imidazole rings is 1. The first-order valence-corrected chi connectivity index (χ1v) is 7.95. The zero-order valence-electron chi connectivity index (χ0n) is 11.6. The van der Waals surface area contributed by atoms with E-state index in [1.54, 1.807) is 30.5 Å². The van der Waals surface area contributed by atoms with Gasteiger partial charge in [-0.3, -0.25) is 0 Å². The van der Waals surface area contributed by atoms with Gasteiger partial charge in [-0.05, 0) is 36.1 Å². The molecular formula is C16H15N3OS. The molecule has 5 heteroatoms. The van der Waals surface area contributed by atoms with Crippen LogP contribution < -0.4 is 4.74 Å². The molecule has 4 nitrogen and oxygen atoms in total. The number of hydrogen-bond donors (Lipinski definition) is 0. The number of nitrogens with zero attached hydrogens (tertiary/aromatic N) is 3. The molecule has 0 bridgehead atoms. The molecule has 0 fully saturated rings. The lowest BCUT2D eigenvalue weighted by Crippen LogP contribution is -1.97. The smallest absolute Gasteiger partial charge is 0.219 e. The molecule has 0 unspecified atom stereocenters. The molecule has 0 spiro atoms. The van der Waals surface area contributed by atoms with Gasteiger partial charge in [0.2, 0.25) is 5.88 Å². The van der Waals surface area contributed by atoms with E-state index in [1.165, 1.54) is 5.56 Å². The van der Waals surface area contributed by atoms with Crippen molar-refractivity contribution in [2.45, 2.75) is 5.75 Å². The van der Waals surface area contributed by atoms with Crippen molar-refractivity contribution >= 4 is 11.8 Å². The SMILES string of the molecule is CSCc1cc(Oc2ccccn2)ccc1-n1ccnc1. The number of aromatic nitrogens is 3. The fourth-order valence-corrected chi connectivity index (χ4v) is 2.62. The summed E-state index contributed by atoms with van der Waals surface area (Å²) in [5.41, 5.74) is 2.32. The van der Waals surface area contributed by atoms with Crippen LogP contribution in [0.3, 0.4) is 0 Å². The Kier molecular flexibility index (Phi) is 4.21. The monoisotopic (exact) mass is 297 g/mol. The number of thioether (sulfide) groups is 1. The summed E-state index contributed by atoms with van der Waals surface area (Å²) in [7, 11) is 0. The first-order valence-electron chi connectivity index (χ1n) is 6.56. The average molecular weight is 297 g/mol. The fraction of sp³-hybridized carbons (Fsp3) is 0.125. The Labute approximate surface area is 127 Å². The highest BCUT2D eigenvalue weighted by molar-refractivity contribution is 7.97. The highest BCUT2D eigenvalue weighted by Gasteiger charge is 2.07. The van der Waals surface area contributed by atoms with Crippen molar-refractivity contribution in [2.75, 3.05) is 6.26 Å². The molecule has 2 aromatic heterocycles. The van der Waals surface area contributed by atoms with Gasteiger partial charge in [0, 0.05) is 30.4 Å². The normalized spacial score (nSPS) is 10.5. The molecule has 0 saturated heterocycles. The van der Waals surface area contributed by atoms with E-state index in [9.17, 15) is 0 Å². The maximum atomic E-state index is 5.79. The van der Waals surface area contributed by atoms with Crippen LogP contribution >= 0.6 is 11.8 Å². The standard InChI is InChI=1S/C16H15N3OS/c1-21-11-13-10-14(20-16-4-2-3-7-18-16)5-6-15(13)19-9-8-17-12-19/h2-10,12H,11H2,1H3. The van der Waals surface area contributed by atoms with Crippen molar-refractivity contribution in [2.24, 2.45) is 0 Å². The summed E-state index contributed by atoms with van der Waals surface area (Å²) in [5, 5.41) is 0. The lowest BCUT2D eigenvalue weighted by atomic mass is 10.2. The molecule has 0 aliphatic heterocycles. The summed E-state index contributed by atoms with van der Waals surface area (Å²) >= 11 is 1.78. The number of pyridine rings is 1. The van der Waals surface area contributed by atoms with Crippen LogP contribution in [-0.2, 0) is 5.75 Å². The van der Waals surface area contributed by atoms with E-state index in [-0.39, 0.29) is 0 Å². The van der Waals surface area contributed by atoms with Crippen molar-refractivity contribution in [3.63, 3.8) is 0 Å². The summed E-state index contributed by atoms with van der Waals surface area (Å²) < 4.78 is 7.80. The highest BCUT2D eigenvalue weighted by atomic mass is 32.2. The molecule has 0 N–H and O–H groups in total. The van der Waals surface area contributed by atoms with Crippen LogP contribution in [0, 0.1) is 0 Å². The van der Waals surface area contributed by atoms with Gasteiger partial charge in [0.1, 0.15) is 5.75 Å². The summed E-state index contributed by atoms with van der Waals surface area (Å²) in [4.78, 5) is 8.28. The van der Waals surface area contributed by atoms with Crippen LogP contribution in [0.4, 0.5) is 0 Å². The summed E-state index contributed by atoms with van der Waals surface area (Å²) in [6, 6.07) is 11.7. The predicted octanol–water partition coefficient (Wildman–Crippen LogP) is 3.92. The van der Waals surface area contributed by atoms with E-state index in [0.29, 0.717) is 5.88 Å². The van der Waals surface area contributed by atoms with Gasteiger partial charge in [-0.1, -0.05) is 6.07 Å². The Morgan fingerprint density at radius 3 is 2.86 bits per heavy atom. The minimum absolute atomic E-state index is 0.600. The zero-order valence-corrected chi connectivity index (χ0v) is 12.5. The van der Waals surface area contributed by atoms with Crippen LogP contribution in [0.15, 0.2) is 61.3 Å². The second-order valence-electron chi connectivity index (χ2n) is 4.46. The van der Waals surface area contributed by atoms with Crippen molar-refractivity contribution in [1.82, 2.24) is 14.5 Å². The topological polar surface area (TPSA) is 39.9 Å². The fourth-order valence-electron chi connectivity index (χ4n) is 2.08. The van der Waals surface area contributed by atoms with E-state index in [1.807, 2.05) is 41.1 Å². The van der Waals surface area contributed by atoms with Crippen LogP contribution in [0.1, 0.15) is 5.56 Å². The third-order valence-corrected chi connectivity index (χ3v) is 3.59. The number of ether oxygens (including phenoxy) is 1. The summed E-state index contributed by atoms with van der Waals surface area (Å²) in [6.07, 6.45) is 9.33.